The second-order valence-electron chi connectivity index (χ2n) is 11.2. The standard InChI is InChI=1S/C29H32ClN5O6/c1-16(25-21(40-3)10-13-34(25)2)41-23-14-22(30)32-28(33-23)26(36)18-7-5-12-29(27(18)37)11-4-6-17-8-9-20(35(38)39)19(15-31)24(17)29/h8-9,14,16,18,21,25H,4-7,10-13H2,1-3H3/t16-,18?,21-,25+,29?/m0/s1. The summed E-state index contributed by atoms with van der Waals surface area (Å²) in [5, 5.41) is 21.7. The summed E-state index contributed by atoms with van der Waals surface area (Å²) in [5.74, 6) is -2.07. The lowest BCUT2D eigenvalue weighted by Gasteiger charge is -2.43. The average Bonchev–Trinajstić information content (AvgIpc) is 3.33. The number of nitrogens with zero attached hydrogens (tertiary/aromatic N) is 5. The van der Waals surface area contributed by atoms with Crippen molar-refractivity contribution in [3.8, 4) is 11.9 Å². The summed E-state index contributed by atoms with van der Waals surface area (Å²) in [6.45, 7) is 2.76. The second kappa shape index (κ2) is 11.4. The monoisotopic (exact) mass is 581 g/mol. The number of fused-ring (bicyclic) bond motifs is 2. The van der Waals surface area contributed by atoms with Crippen molar-refractivity contribution in [2.75, 3.05) is 20.7 Å². The van der Waals surface area contributed by atoms with E-state index in [4.69, 9.17) is 21.1 Å². The van der Waals surface area contributed by atoms with Crippen LogP contribution in [0.1, 0.15) is 72.8 Å². The molecule has 1 saturated carbocycles. The van der Waals surface area contributed by atoms with Crippen LogP contribution in [0.2, 0.25) is 5.15 Å². The molecule has 0 N–H and O–H groups in total. The molecule has 5 rings (SSSR count). The molecule has 0 radical (unpaired) electrons. The zero-order chi connectivity index (χ0) is 29.5. The normalized spacial score (nSPS) is 26.8. The van der Waals surface area contributed by atoms with Gasteiger partial charge in [0.25, 0.3) is 5.69 Å². The molecule has 12 heteroatoms. The van der Waals surface area contributed by atoms with Crippen LogP contribution in [-0.2, 0) is 21.4 Å². The van der Waals surface area contributed by atoms with Crippen molar-refractivity contribution >= 4 is 28.9 Å². The highest BCUT2D eigenvalue weighted by atomic mass is 35.5. The number of Topliss-reactive ketones (excluding diaryl/α,β-unsaturated/α-hetero) is 2. The van der Waals surface area contributed by atoms with E-state index in [1.165, 1.54) is 12.1 Å². The molecule has 5 atom stereocenters. The zero-order valence-electron chi connectivity index (χ0n) is 23.3. The molecule has 2 aliphatic carbocycles. The minimum Gasteiger partial charge on any atom is -0.473 e. The Morgan fingerprint density at radius 3 is 2.76 bits per heavy atom. The molecular formula is C29H32ClN5O6. The molecule has 1 aromatic carbocycles. The fraction of sp³-hybridized carbons (Fsp3) is 0.552. The number of benzene rings is 1. The average molecular weight is 582 g/mol. The minimum atomic E-state index is -1.15. The number of halogens is 1. The van der Waals surface area contributed by atoms with Crippen LogP contribution in [-0.4, -0.2) is 70.3 Å². The molecule has 1 aromatic heterocycles. The van der Waals surface area contributed by atoms with Gasteiger partial charge < -0.3 is 9.47 Å². The van der Waals surface area contributed by atoms with Gasteiger partial charge in [-0.3, -0.25) is 24.6 Å². The number of carbonyl (C=O) groups excluding carboxylic acids is 2. The van der Waals surface area contributed by atoms with Gasteiger partial charge in [0.2, 0.25) is 17.5 Å². The summed E-state index contributed by atoms with van der Waals surface area (Å²) in [7, 11) is 3.66. The Bertz CT molecular complexity index is 1440. The van der Waals surface area contributed by atoms with Crippen LogP contribution in [0.15, 0.2) is 18.2 Å². The molecule has 1 saturated heterocycles. The van der Waals surface area contributed by atoms with E-state index in [0.717, 1.165) is 18.5 Å². The highest BCUT2D eigenvalue weighted by molar-refractivity contribution is 6.29. The number of likely N-dealkylation sites (tertiary alicyclic amines) is 1. The van der Waals surface area contributed by atoms with Crippen LogP contribution >= 0.6 is 11.6 Å². The first-order valence-electron chi connectivity index (χ1n) is 13.8. The maximum Gasteiger partial charge on any atom is 0.287 e. The van der Waals surface area contributed by atoms with Gasteiger partial charge in [-0.2, -0.15) is 10.2 Å². The van der Waals surface area contributed by atoms with Crippen LogP contribution in [0.5, 0.6) is 5.88 Å². The number of ketones is 2. The fourth-order valence-corrected chi connectivity index (χ4v) is 7.31. The van der Waals surface area contributed by atoms with Gasteiger partial charge in [0, 0.05) is 25.8 Å². The summed E-state index contributed by atoms with van der Waals surface area (Å²) >= 11 is 6.29. The van der Waals surface area contributed by atoms with Gasteiger partial charge in [0.1, 0.15) is 22.9 Å². The Labute approximate surface area is 243 Å². The Morgan fingerprint density at radius 1 is 1.29 bits per heavy atom. The van der Waals surface area contributed by atoms with Gasteiger partial charge >= 0.3 is 0 Å². The molecule has 1 aliphatic heterocycles. The molecule has 11 nitrogen and oxygen atoms in total. The lowest BCUT2D eigenvalue weighted by molar-refractivity contribution is -0.385. The van der Waals surface area contributed by atoms with Crippen LogP contribution in [0.4, 0.5) is 5.69 Å². The van der Waals surface area contributed by atoms with Crippen LogP contribution in [0, 0.1) is 27.4 Å². The Morgan fingerprint density at radius 2 is 2.05 bits per heavy atom. The third kappa shape index (κ3) is 5.09. The van der Waals surface area contributed by atoms with Crippen molar-refractivity contribution in [2.45, 2.75) is 75.5 Å². The first-order chi connectivity index (χ1) is 19.6. The number of hydrogen-bond acceptors (Lipinski definition) is 10. The molecule has 2 fully saturated rings. The fourth-order valence-electron chi connectivity index (χ4n) is 7.14. The van der Waals surface area contributed by atoms with Gasteiger partial charge in [0.15, 0.2) is 5.78 Å². The molecule has 2 heterocycles. The molecule has 216 valence electrons. The molecule has 2 aromatic rings. The van der Waals surface area contributed by atoms with E-state index in [1.807, 2.05) is 20.0 Å². The predicted octanol–water partition coefficient (Wildman–Crippen LogP) is 4.22. The molecule has 0 amide bonds. The summed E-state index contributed by atoms with van der Waals surface area (Å²) in [5.41, 5.74) is -0.427. The summed E-state index contributed by atoms with van der Waals surface area (Å²) in [6.07, 6.45) is 3.43. The van der Waals surface area contributed by atoms with Crippen molar-refractivity contribution in [1.82, 2.24) is 14.9 Å². The Balaban J connectivity index is 1.46. The predicted molar refractivity (Wildman–Crippen MR) is 148 cm³/mol. The van der Waals surface area contributed by atoms with Crippen molar-refractivity contribution in [1.29, 1.82) is 5.26 Å². The highest BCUT2D eigenvalue weighted by Gasteiger charge is 2.52. The lowest BCUT2D eigenvalue weighted by atomic mass is 9.57. The largest absolute Gasteiger partial charge is 0.473 e. The van der Waals surface area contributed by atoms with E-state index < -0.39 is 22.0 Å². The summed E-state index contributed by atoms with van der Waals surface area (Å²) < 4.78 is 11.7. The molecule has 41 heavy (non-hydrogen) atoms. The number of nitro benzene ring substituents is 1. The third-order valence-corrected chi connectivity index (χ3v) is 9.14. The van der Waals surface area contributed by atoms with Crippen molar-refractivity contribution in [3.63, 3.8) is 0 Å². The SMILES string of the molecule is CO[C@H]1CCN(C)[C@@H]1[C@H](C)Oc1cc(Cl)nc(C(=O)C2CCCC3(CCCc4ccc([N+](=O)[O-])c(C#N)c43)C2=O)n1. The van der Waals surface area contributed by atoms with Crippen LogP contribution in [0.3, 0.4) is 0 Å². The first kappa shape index (κ1) is 29.0. The first-order valence-corrected chi connectivity index (χ1v) is 14.2. The number of aryl methyl sites for hydroxylation is 1. The molecule has 3 aliphatic rings. The van der Waals surface area contributed by atoms with E-state index in [1.54, 1.807) is 13.2 Å². The minimum absolute atomic E-state index is 0.0111. The van der Waals surface area contributed by atoms with Crippen LogP contribution < -0.4 is 4.74 Å². The Kier molecular flexibility index (Phi) is 8.10. The van der Waals surface area contributed by atoms with E-state index in [9.17, 15) is 25.0 Å². The van der Waals surface area contributed by atoms with Gasteiger partial charge in [0.05, 0.1) is 28.4 Å². The van der Waals surface area contributed by atoms with Gasteiger partial charge in [-0.05, 0) is 63.6 Å². The van der Waals surface area contributed by atoms with E-state index >= 15 is 0 Å². The van der Waals surface area contributed by atoms with E-state index in [2.05, 4.69) is 14.9 Å². The number of ether oxygens (including phenoxy) is 2. The zero-order valence-corrected chi connectivity index (χ0v) is 24.0. The molecule has 0 bridgehead atoms. The maximum atomic E-state index is 14.2. The summed E-state index contributed by atoms with van der Waals surface area (Å²) in [4.78, 5) is 49.8. The number of aromatic nitrogens is 2. The number of hydrogen-bond donors (Lipinski definition) is 0. The Hall–Kier alpha value is -3.46. The maximum absolute atomic E-state index is 14.2. The van der Waals surface area contributed by atoms with Crippen molar-refractivity contribution in [2.24, 2.45) is 5.92 Å². The number of likely N-dealkylation sites (N-methyl/N-ethyl adjacent to an activating group) is 1. The van der Waals surface area contributed by atoms with E-state index in [0.29, 0.717) is 37.7 Å². The van der Waals surface area contributed by atoms with Gasteiger partial charge in [-0.15, -0.1) is 0 Å². The van der Waals surface area contributed by atoms with Gasteiger partial charge in [-0.25, -0.2) is 4.98 Å². The lowest BCUT2D eigenvalue weighted by Crippen LogP contribution is -2.48. The molecule has 2 unspecified atom stereocenters. The van der Waals surface area contributed by atoms with Gasteiger partial charge in [-0.1, -0.05) is 24.1 Å². The number of nitriles is 1. The topological polar surface area (TPSA) is 149 Å². The number of carbonyl (C=O) groups is 2. The molecular weight excluding hydrogens is 550 g/mol. The highest BCUT2D eigenvalue weighted by Crippen LogP contribution is 2.50. The van der Waals surface area contributed by atoms with Crippen molar-refractivity contribution < 1.29 is 24.0 Å². The quantitative estimate of drug-likeness (QED) is 0.153. The van der Waals surface area contributed by atoms with Crippen molar-refractivity contribution in [3.05, 3.63) is 56.0 Å². The number of nitro groups is 1. The van der Waals surface area contributed by atoms with E-state index in [-0.39, 0.29) is 58.6 Å². The third-order valence-electron chi connectivity index (χ3n) is 8.95. The smallest absolute Gasteiger partial charge is 0.287 e. The molecule has 1 spiro atoms. The number of rotatable bonds is 7. The summed E-state index contributed by atoms with van der Waals surface area (Å²) in [6, 6.07) is 6.36. The second-order valence-corrected chi connectivity index (χ2v) is 11.6. The van der Waals surface area contributed by atoms with Crippen LogP contribution in [0.25, 0.3) is 0 Å². The number of methoxy groups -OCH3 is 1.